The molecule has 0 amide bonds. The molecule has 0 unspecified atom stereocenters. The van der Waals surface area contributed by atoms with Crippen LogP contribution in [0, 0.1) is 0 Å². The van der Waals surface area contributed by atoms with Crippen molar-refractivity contribution in [2.45, 2.75) is 0 Å². The molecule has 1 heterocycles. The average Bonchev–Trinajstić information content (AvgIpc) is 3.30. The molecule has 2 aromatic carbocycles. The predicted molar refractivity (Wildman–Crippen MR) is 98.5 cm³/mol. The molecule has 0 fully saturated rings. The highest BCUT2D eigenvalue weighted by atomic mass is 31.2. The van der Waals surface area contributed by atoms with Crippen LogP contribution in [0.5, 0.6) is 17.2 Å². The first-order valence-corrected chi connectivity index (χ1v) is 9.79. The van der Waals surface area contributed by atoms with E-state index in [0.717, 1.165) is 11.1 Å². The number of hydrogen-bond donors (Lipinski definition) is 0. The van der Waals surface area contributed by atoms with Crippen LogP contribution < -0.4 is 19.5 Å². The van der Waals surface area contributed by atoms with E-state index in [0.29, 0.717) is 27.9 Å². The van der Waals surface area contributed by atoms with Crippen molar-refractivity contribution < 1.29 is 18.8 Å². The summed E-state index contributed by atoms with van der Waals surface area (Å²) in [4.78, 5) is 0. The molecule has 126 valence electrons. The van der Waals surface area contributed by atoms with E-state index >= 15 is 0 Å². The van der Waals surface area contributed by atoms with Crippen molar-refractivity contribution in [1.82, 2.24) is 0 Å². The summed E-state index contributed by atoms with van der Waals surface area (Å²) in [5, 5.41) is 1.40. The summed E-state index contributed by atoms with van der Waals surface area (Å²) in [5.74, 6) is 1.97. The summed E-state index contributed by atoms with van der Waals surface area (Å²) in [6, 6.07) is 11.3. The molecule has 1 atom stereocenters. The summed E-state index contributed by atoms with van der Waals surface area (Å²) < 4.78 is 30.7. The maximum atomic E-state index is 13.9. The van der Waals surface area contributed by atoms with Crippen molar-refractivity contribution in [1.29, 1.82) is 0 Å². The maximum Gasteiger partial charge on any atom is 0.190 e. The van der Waals surface area contributed by atoms with E-state index in [1.165, 1.54) is 0 Å². The zero-order valence-corrected chi connectivity index (χ0v) is 14.9. The molecular weight excluding hydrogens is 335 g/mol. The Kier molecular flexibility index (Phi) is 3.80. The van der Waals surface area contributed by atoms with Gasteiger partial charge < -0.3 is 18.8 Å². The summed E-state index contributed by atoms with van der Waals surface area (Å²) in [6.45, 7) is 0. The molecule has 0 saturated carbocycles. The Morgan fingerprint density at radius 2 is 1.80 bits per heavy atom. The van der Waals surface area contributed by atoms with Crippen LogP contribution in [-0.2, 0) is 4.57 Å². The molecule has 1 aliphatic carbocycles. The highest BCUT2D eigenvalue weighted by molar-refractivity contribution is 7.76. The zero-order valence-electron chi connectivity index (χ0n) is 14.0. The monoisotopic (exact) mass is 352 g/mol. The van der Waals surface area contributed by atoms with Gasteiger partial charge in [-0.05, 0) is 30.4 Å². The Labute approximate surface area is 146 Å². The number of methoxy groups -OCH3 is 2. The third kappa shape index (κ3) is 2.34. The normalized spacial score (nSPS) is 20.2. The van der Waals surface area contributed by atoms with Crippen molar-refractivity contribution in [3.8, 4) is 28.4 Å². The third-order valence-corrected chi connectivity index (χ3v) is 7.16. The Morgan fingerprint density at radius 3 is 2.44 bits per heavy atom. The second-order valence-electron chi connectivity index (χ2n) is 5.76. The third-order valence-electron chi connectivity index (χ3n) is 4.43. The lowest BCUT2D eigenvalue weighted by molar-refractivity contribution is 0.394. The number of fused-ring (bicyclic) bond motifs is 1. The fourth-order valence-corrected chi connectivity index (χ4v) is 5.80. The van der Waals surface area contributed by atoms with Crippen molar-refractivity contribution >= 4 is 12.4 Å². The van der Waals surface area contributed by atoms with Gasteiger partial charge in [0.25, 0.3) is 0 Å². The maximum absolute atomic E-state index is 13.9. The Bertz CT molecular complexity index is 975. The molecule has 2 aliphatic rings. The first kappa shape index (κ1) is 15.8. The number of allylic oxidation sites excluding steroid dienone is 3. The Hall–Kier alpha value is -2.67. The lowest BCUT2D eigenvalue weighted by Gasteiger charge is -2.18. The quantitative estimate of drug-likeness (QED) is 0.607. The molecule has 0 radical (unpaired) electrons. The number of rotatable bonds is 4. The van der Waals surface area contributed by atoms with Gasteiger partial charge in [0.15, 0.2) is 7.14 Å². The first-order chi connectivity index (χ1) is 12.2. The molecule has 0 aromatic heterocycles. The van der Waals surface area contributed by atoms with Gasteiger partial charge in [0.1, 0.15) is 23.6 Å². The summed E-state index contributed by atoms with van der Waals surface area (Å²) in [7, 11) is 0.310. The van der Waals surface area contributed by atoms with Crippen LogP contribution in [0.4, 0.5) is 0 Å². The second-order valence-corrected chi connectivity index (χ2v) is 8.42. The van der Waals surface area contributed by atoms with Gasteiger partial charge in [0.05, 0.1) is 30.4 Å². The Morgan fingerprint density at radius 1 is 1.08 bits per heavy atom. The molecule has 25 heavy (non-hydrogen) atoms. The largest absolute Gasteiger partial charge is 0.496 e. The molecule has 4 rings (SSSR count). The number of ether oxygens (including phenoxy) is 3. The minimum absolute atomic E-state index is 0.150. The number of hydrogen-bond acceptors (Lipinski definition) is 4. The second kappa shape index (κ2) is 6.00. The van der Waals surface area contributed by atoms with Crippen LogP contribution in [0.25, 0.3) is 11.1 Å². The molecule has 0 spiro atoms. The van der Waals surface area contributed by atoms with E-state index in [-0.39, 0.29) is 6.35 Å². The minimum Gasteiger partial charge on any atom is -0.496 e. The van der Waals surface area contributed by atoms with Gasteiger partial charge in [0.2, 0.25) is 0 Å². The molecule has 4 nitrogen and oxygen atoms in total. The molecule has 1 aliphatic heterocycles. The van der Waals surface area contributed by atoms with E-state index in [1.54, 1.807) is 20.3 Å². The fraction of sp³-hybridized carbons (Fsp3) is 0.150. The smallest absolute Gasteiger partial charge is 0.190 e. The van der Waals surface area contributed by atoms with Crippen molar-refractivity contribution in [2.24, 2.45) is 0 Å². The van der Waals surface area contributed by atoms with Crippen LogP contribution in [0.2, 0.25) is 0 Å². The van der Waals surface area contributed by atoms with Gasteiger partial charge in [-0.25, -0.2) is 0 Å². The van der Waals surface area contributed by atoms with Crippen molar-refractivity contribution in [3.63, 3.8) is 0 Å². The molecule has 0 N–H and O–H groups in total. The van der Waals surface area contributed by atoms with E-state index in [4.69, 9.17) is 14.2 Å². The molecule has 0 saturated heterocycles. The molecule has 2 aromatic rings. The van der Waals surface area contributed by atoms with Gasteiger partial charge in [-0.3, -0.25) is 0 Å². The summed E-state index contributed by atoms with van der Waals surface area (Å²) in [6.07, 6.45) is 5.62. The van der Waals surface area contributed by atoms with E-state index in [9.17, 15) is 4.57 Å². The fourth-order valence-electron chi connectivity index (χ4n) is 3.29. The summed E-state index contributed by atoms with van der Waals surface area (Å²) in [5.41, 5.74) is 4.68. The van der Waals surface area contributed by atoms with E-state index < -0.39 is 7.14 Å². The van der Waals surface area contributed by atoms with Gasteiger partial charge in [0, 0.05) is 5.56 Å². The van der Waals surface area contributed by atoms with Gasteiger partial charge in [-0.1, -0.05) is 24.3 Å². The van der Waals surface area contributed by atoms with Crippen molar-refractivity contribution in [2.75, 3.05) is 20.6 Å². The SMILES string of the molecule is COc1cccc(OC)c1-c1cccc2c1[P@](=O)(C1=C=CC=C1)CO2. The summed E-state index contributed by atoms with van der Waals surface area (Å²) >= 11 is 0. The van der Waals surface area contributed by atoms with Crippen LogP contribution in [0.15, 0.2) is 65.7 Å². The topological polar surface area (TPSA) is 44.8 Å². The predicted octanol–water partition coefficient (Wildman–Crippen LogP) is 4.32. The lowest BCUT2D eigenvalue weighted by Crippen LogP contribution is -2.07. The highest BCUT2D eigenvalue weighted by Gasteiger charge is 2.41. The molecule has 0 bridgehead atoms. The van der Waals surface area contributed by atoms with Crippen LogP contribution in [0.3, 0.4) is 0 Å². The van der Waals surface area contributed by atoms with Crippen LogP contribution in [-0.4, -0.2) is 20.6 Å². The van der Waals surface area contributed by atoms with Gasteiger partial charge in [-0.15, -0.1) is 5.73 Å². The first-order valence-electron chi connectivity index (χ1n) is 7.90. The standard InChI is InChI=1S/C20H17O4P/c1-22-16-10-6-11-17(23-2)19(16)15-9-5-12-18-20(15)25(21,13-24-18)14-7-3-4-8-14/h3-7,9-12H,13H2,1-2H3/t25-/m1/s1. The average molecular weight is 352 g/mol. The highest BCUT2D eigenvalue weighted by Crippen LogP contribution is 2.61. The lowest BCUT2D eigenvalue weighted by atomic mass is 10.0. The zero-order chi connectivity index (χ0) is 17.4. The van der Waals surface area contributed by atoms with Crippen LogP contribution >= 0.6 is 7.14 Å². The molecule has 5 heteroatoms. The van der Waals surface area contributed by atoms with Gasteiger partial charge in [-0.2, -0.15) is 0 Å². The Balaban J connectivity index is 2.03. The van der Waals surface area contributed by atoms with Crippen molar-refractivity contribution in [3.05, 3.63) is 65.7 Å². The number of benzene rings is 2. The van der Waals surface area contributed by atoms with Crippen LogP contribution in [0.1, 0.15) is 0 Å². The van der Waals surface area contributed by atoms with E-state index in [2.05, 4.69) is 5.73 Å². The minimum atomic E-state index is -2.92. The molecular formula is C20H17O4P. The van der Waals surface area contributed by atoms with E-state index in [1.807, 2.05) is 48.6 Å². The van der Waals surface area contributed by atoms with Gasteiger partial charge >= 0.3 is 0 Å².